The molecule has 1 saturated carbocycles. The summed E-state index contributed by atoms with van der Waals surface area (Å²) in [5.74, 6) is 2.76. The third-order valence-corrected chi connectivity index (χ3v) is 4.89. The van der Waals surface area contributed by atoms with E-state index in [1.54, 1.807) is 0 Å². The summed E-state index contributed by atoms with van der Waals surface area (Å²) in [6, 6.07) is 0. The van der Waals surface area contributed by atoms with Crippen LogP contribution in [0.3, 0.4) is 0 Å². The fourth-order valence-electron chi connectivity index (χ4n) is 3.01. The van der Waals surface area contributed by atoms with E-state index in [1.807, 2.05) is 0 Å². The first-order chi connectivity index (χ1) is 7.54. The first-order valence-electron chi connectivity index (χ1n) is 5.93. The van der Waals surface area contributed by atoms with E-state index in [0.29, 0.717) is 12.4 Å². The standard InChI is InChI=1S/C11H21N3OS/c1-8-3-11(6-12,4-9(8)2)5-10-13-7-16(15)14-10/h8-9H,3-7,12H2,1-2H3,(H,13,14)/t8-,9+,11?,16?. The Balaban J connectivity index is 2.03. The number of nitrogens with two attached hydrogens (primary N) is 1. The highest BCUT2D eigenvalue weighted by atomic mass is 32.2. The van der Waals surface area contributed by atoms with Crippen molar-refractivity contribution < 1.29 is 4.21 Å². The summed E-state index contributed by atoms with van der Waals surface area (Å²) < 4.78 is 14.1. The van der Waals surface area contributed by atoms with E-state index < -0.39 is 11.0 Å². The number of amidine groups is 1. The topological polar surface area (TPSA) is 67.5 Å². The normalized spacial score (nSPS) is 43.2. The van der Waals surface area contributed by atoms with Gasteiger partial charge in [-0.2, -0.15) is 0 Å². The molecule has 0 aromatic carbocycles. The van der Waals surface area contributed by atoms with Crippen molar-refractivity contribution in [3.8, 4) is 0 Å². The molecule has 1 aliphatic heterocycles. The molecule has 1 heterocycles. The van der Waals surface area contributed by atoms with E-state index in [4.69, 9.17) is 5.73 Å². The average molecular weight is 243 g/mol. The quantitative estimate of drug-likeness (QED) is 0.777. The van der Waals surface area contributed by atoms with Crippen LogP contribution in [0.15, 0.2) is 4.99 Å². The molecule has 0 radical (unpaired) electrons. The van der Waals surface area contributed by atoms with Crippen LogP contribution < -0.4 is 10.5 Å². The minimum Gasteiger partial charge on any atom is -0.330 e. The van der Waals surface area contributed by atoms with E-state index in [-0.39, 0.29) is 5.41 Å². The van der Waals surface area contributed by atoms with Gasteiger partial charge in [-0.25, -0.2) is 4.21 Å². The zero-order valence-corrected chi connectivity index (χ0v) is 10.8. The number of rotatable bonds is 3. The number of aliphatic imine (C=N–C) groups is 1. The first kappa shape index (κ1) is 12.0. The molecule has 16 heavy (non-hydrogen) atoms. The number of hydrogen-bond acceptors (Lipinski definition) is 3. The fourth-order valence-corrected chi connectivity index (χ4v) is 3.75. The van der Waals surface area contributed by atoms with Gasteiger partial charge in [0.1, 0.15) is 22.7 Å². The summed E-state index contributed by atoms with van der Waals surface area (Å²) in [6.45, 7) is 5.29. The van der Waals surface area contributed by atoms with Gasteiger partial charge in [-0.15, -0.1) is 0 Å². The number of hydrogen-bond donors (Lipinski definition) is 2. The summed E-state index contributed by atoms with van der Waals surface area (Å²) in [4.78, 5) is 4.27. The second-order valence-corrected chi connectivity index (χ2v) is 6.58. The molecule has 4 nitrogen and oxygen atoms in total. The van der Waals surface area contributed by atoms with Gasteiger partial charge in [0, 0.05) is 6.42 Å². The van der Waals surface area contributed by atoms with E-state index in [2.05, 4.69) is 23.6 Å². The highest BCUT2D eigenvalue weighted by Crippen LogP contribution is 2.47. The Morgan fingerprint density at radius 2 is 2.12 bits per heavy atom. The van der Waals surface area contributed by atoms with Crippen molar-refractivity contribution in [2.75, 3.05) is 12.4 Å². The van der Waals surface area contributed by atoms with Crippen molar-refractivity contribution in [2.24, 2.45) is 28.0 Å². The molecule has 4 atom stereocenters. The second-order valence-electron chi connectivity index (χ2n) is 5.43. The lowest BCUT2D eigenvalue weighted by Gasteiger charge is -2.27. The third kappa shape index (κ3) is 2.30. The van der Waals surface area contributed by atoms with Gasteiger partial charge < -0.3 is 5.73 Å². The molecule has 0 bridgehead atoms. The SMILES string of the molecule is C[C@@H]1CC(CN)(CC2=NCS(=O)N2)C[C@@H]1C. The van der Waals surface area contributed by atoms with Crippen LogP contribution in [-0.4, -0.2) is 22.5 Å². The summed E-state index contributed by atoms with van der Waals surface area (Å²) >= 11 is 0. The molecule has 0 aromatic rings. The molecule has 0 aromatic heterocycles. The van der Waals surface area contributed by atoms with E-state index >= 15 is 0 Å². The van der Waals surface area contributed by atoms with E-state index in [9.17, 15) is 4.21 Å². The molecule has 1 aliphatic carbocycles. The zero-order chi connectivity index (χ0) is 11.8. The van der Waals surface area contributed by atoms with Crippen molar-refractivity contribution in [1.29, 1.82) is 0 Å². The molecule has 2 aliphatic rings. The first-order valence-corrected chi connectivity index (χ1v) is 7.25. The maximum Gasteiger partial charge on any atom is 0.140 e. The molecule has 0 amide bonds. The number of nitrogens with zero attached hydrogens (tertiary/aromatic N) is 1. The molecule has 3 N–H and O–H groups in total. The average Bonchev–Trinajstić information content (AvgIpc) is 2.74. The maximum absolute atomic E-state index is 11.2. The lowest BCUT2D eigenvalue weighted by molar-refractivity contribution is 0.306. The van der Waals surface area contributed by atoms with Crippen LogP contribution in [0.5, 0.6) is 0 Å². The Morgan fingerprint density at radius 3 is 2.56 bits per heavy atom. The maximum atomic E-state index is 11.2. The van der Waals surface area contributed by atoms with Crippen molar-refractivity contribution in [3.05, 3.63) is 0 Å². The van der Waals surface area contributed by atoms with Crippen molar-refractivity contribution in [3.63, 3.8) is 0 Å². The number of nitrogens with one attached hydrogen (secondary N) is 1. The van der Waals surface area contributed by atoms with Crippen molar-refractivity contribution in [1.82, 2.24) is 4.72 Å². The molecule has 5 heteroatoms. The van der Waals surface area contributed by atoms with Gasteiger partial charge in [0.05, 0.1) is 0 Å². The molecule has 1 fully saturated rings. The van der Waals surface area contributed by atoms with Gasteiger partial charge in [0.15, 0.2) is 0 Å². The lowest BCUT2D eigenvalue weighted by Crippen LogP contribution is -2.34. The molecular formula is C11H21N3OS. The Kier molecular flexibility index (Phi) is 3.35. The van der Waals surface area contributed by atoms with Crippen LogP contribution in [0.2, 0.25) is 0 Å². The summed E-state index contributed by atoms with van der Waals surface area (Å²) in [5, 5.41) is 0. The van der Waals surface area contributed by atoms with Crippen LogP contribution in [0.25, 0.3) is 0 Å². The highest BCUT2D eigenvalue weighted by molar-refractivity contribution is 7.83. The van der Waals surface area contributed by atoms with Gasteiger partial charge in [-0.3, -0.25) is 9.71 Å². The van der Waals surface area contributed by atoms with Crippen LogP contribution in [0.1, 0.15) is 33.1 Å². The third-order valence-electron chi connectivity index (χ3n) is 4.06. The Labute approximate surface area is 99.7 Å². The van der Waals surface area contributed by atoms with Gasteiger partial charge in [0.25, 0.3) is 0 Å². The Bertz CT molecular complexity index is 319. The smallest absolute Gasteiger partial charge is 0.140 e. The summed E-state index contributed by atoms with van der Waals surface area (Å²) in [5.41, 5.74) is 6.13. The lowest BCUT2D eigenvalue weighted by atomic mass is 9.81. The molecule has 2 unspecified atom stereocenters. The van der Waals surface area contributed by atoms with Crippen molar-refractivity contribution in [2.45, 2.75) is 33.1 Å². The molecule has 0 spiro atoms. The highest BCUT2D eigenvalue weighted by Gasteiger charge is 2.41. The molecule has 2 rings (SSSR count). The van der Waals surface area contributed by atoms with Crippen LogP contribution in [-0.2, 0) is 11.0 Å². The largest absolute Gasteiger partial charge is 0.330 e. The van der Waals surface area contributed by atoms with Crippen molar-refractivity contribution >= 4 is 16.8 Å². The van der Waals surface area contributed by atoms with E-state index in [0.717, 1.165) is 36.9 Å². The van der Waals surface area contributed by atoms with Gasteiger partial charge in [0.2, 0.25) is 0 Å². The van der Waals surface area contributed by atoms with Gasteiger partial charge in [-0.1, -0.05) is 13.8 Å². The Morgan fingerprint density at radius 1 is 1.50 bits per heavy atom. The predicted octanol–water partition coefficient (Wildman–Crippen LogP) is 1.01. The van der Waals surface area contributed by atoms with Gasteiger partial charge >= 0.3 is 0 Å². The summed E-state index contributed by atoms with van der Waals surface area (Å²) in [7, 11) is -0.985. The van der Waals surface area contributed by atoms with Crippen LogP contribution in [0, 0.1) is 17.3 Å². The predicted molar refractivity (Wildman–Crippen MR) is 67.2 cm³/mol. The minimum absolute atomic E-state index is 0.180. The molecule has 92 valence electrons. The minimum atomic E-state index is -0.985. The monoisotopic (exact) mass is 243 g/mol. The molecule has 0 saturated heterocycles. The van der Waals surface area contributed by atoms with Crippen LogP contribution in [0.4, 0.5) is 0 Å². The Hall–Kier alpha value is -0.420. The summed E-state index contributed by atoms with van der Waals surface area (Å²) in [6.07, 6.45) is 3.19. The van der Waals surface area contributed by atoms with Crippen LogP contribution >= 0.6 is 0 Å². The second kappa shape index (κ2) is 4.45. The molecular weight excluding hydrogens is 222 g/mol. The fraction of sp³-hybridized carbons (Fsp3) is 0.909. The van der Waals surface area contributed by atoms with Gasteiger partial charge in [-0.05, 0) is 36.6 Å². The zero-order valence-electron chi connectivity index (χ0n) is 10.0. The van der Waals surface area contributed by atoms with E-state index in [1.165, 1.54) is 0 Å².